The molecule has 0 spiro atoms. The fourth-order valence-corrected chi connectivity index (χ4v) is 4.14. The second kappa shape index (κ2) is 8.52. The zero-order valence-electron chi connectivity index (χ0n) is 15.6. The molecule has 27 heavy (non-hydrogen) atoms. The van der Waals surface area contributed by atoms with Crippen LogP contribution in [0.4, 0.5) is 0 Å². The molecule has 1 aromatic carbocycles. The number of carbonyl (C=O) groups excluding carboxylic acids is 1. The number of amides is 1. The number of carboxylic acid groups (broad SMARTS) is 1. The van der Waals surface area contributed by atoms with Gasteiger partial charge in [-0.25, -0.2) is 9.78 Å². The zero-order valence-corrected chi connectivity index (χ0v) is 16.4. The van der Waals surface area contributed by atoms with Gasteiger partial charge in [0.1, 0.15) is 16.8 Å². The number of carboxylic acids is 1. The highest BCUT2D eigenvalue weighted by molar-refractivity contribution is 7.13. The van der Waals surface area contributed by atoms with Gasteiger partial charge >= 0.3 is 5.97 Å². The first kappa shape index (κ1) is 19.4. The molecule has 0 saturated carbocycles. The minimum Gasteiger partial charge on any atom is -0.494 e. The number of nitrogens with zero attached hydrogens (tertiary/aromatic N) is 2. The van der Waals surface area contributed by atoms with Crippen molar-refractivity contribution in [2.75, 3.05) is 13.2 Å². The van der Waals surface area contributed by atoms with Gasteiger partial charge < -0.3 is 14.7 Å². The van der Waals surface area contributed by atoms with Crippen LogP contribution >= 0.6 is 11.3 Å². The van der Waals surface area contributed by atoms with Gasteiger partial charge in [-0.15, -0.1) is 11.3 Å². The van der Waals surface area contributed by atoms with E-state index in [0.717, 1.165) is 22.7 Å². The van der Waals surface area contributed by atoms with E-state index in [2.05, 4.69) is 4.98 Å². The zero-order chi connectivity index (χ0) is 19.4. The summed E-state index contributed by atoms with van der Waals surface area (Å²) in [5.74, 6) is 0.0361. The molecule has 0 bridgehead atoms. The number of likely N-dealkylation sites (tertiary alicyclic amines) is 1. The monoisotopic (exact) mass is 388 g/mol. The highest BCUT2D eigenvalue weighted by Gasteiger charge is 2.34. The van der Waals surface area contributed by atoms with E-state index in [-0.39, 0.29) is 12.3 Å². The molecule has 0 aliphatic carbocycles. The maximum Gasteiger partial charge on any atom is 0.326 e. The molecule has 7 heteroatoms. The molecule has 1 N–H and O–H groups in total. The van der Waals surface area contributed by atoms with Crippen LogP contribution in [0.5, 0.6) is 5.75 Å². The number of aromatic nitrogens is 1. The van der Waals surface area contributed by atoms with Gasteiger partial charge in [-0.3, -0.25) is 4.79 Å². The van der Waals surface area contributed by atoms with E-state index in [0.29, 0.717) is 31.2 Å². The molecule has 1 amide bonds. The van der Waals surface area contributed by atoms with Crippen molar-refractivity contribution >= 4 is 23.2 Å². The molecule has 1 saturated heterocycles. The Bertz CT molecular complexity index is 803. The fraction of sp³-hybridized carbons (Fsp3) is 0.450. The summed E-state index contributed by atoms with van der Waals surface area (Å²) in [6.07, 6.45) is 1.48. The predicted molar refractivity (Wildman–Crippen MR) is 104 cm³/mol. The Labute approximate surface area is 162 Å². The first-order chi connectivity index (χ1) is 13.0. The largest absolute Gasteiger partial charge is 0.494 e. The molecule has 2 atom stereocenters. The molecule has 1 aliphatic heterocycles. The molecule has 2 aromatic rings. The highest BCUT2D eigenvalue weighted by atomic mass is 32.1. The van der Waals surface area contributed by atoms with Crippen molar-refractivity contribution in [3.05, 3.63) is 35.3 Å². The van der Waals surface area contributed by atoms with Crippen LogP contribution in [-0.4, -0.2) is 46.1 Å². The molecule has 2 heterocycles. The summed E-state index contributed by atoms with van der Waals surface area (Å²) in [4.78, 5) is 30.2. The maximum atomic E-state index is 12.7. The lowest BCUT2D eigenvalue weighted by Gasteiger charge is -2.35. The number of hydrogen-bond donors (Lipinski definition) is 1. The number of hydrogen-bond acceptors (Lipinski definition) is 5. The Morgan fingerprint density at radius 2 is 2.07 bits per heavy atom. The minimum atomic E-state index is -0.928. The molecule has 1 aliphatic rings. The number of thiazole rings is 1. The Hall–Kier alpha value is -2.41. The van der Waals surface area contributed by atoms with Crippen LogP contribution < -0.4 is 4.74 Å². The first-order valence-electron chi connectivity index (χ1n) is 9.17. The first-order valence-corrected chi connectivity index (χ1v) is 10.1. The average Bonchev–Trinajstić information content (AvgIpc) is 3.11. The smallest absolute Gasteiger partial charge is 0.326 e. The lowest BCUT2D eigenvalue weighted by Crippen LogP contribution is -2.50. The van der Waals surface area contributed by atoms with Crippen molar-refractivity contribution in [3.63, 3.8) is 0 Å². The molecule has 1 fully saturated rings. The molecule has 6 nitrogen and oxygen atoms in total. The summed E-state index contributed by atoms with van der Waals surface area (Å²) < 4.78 is 5.44. The Kier molecular flexibility index (Phi) is 6.11. The van der Waals surface area contributed by atoms with Crippen molar-refractivity contribution < 1.29 is 19.4 Å². The van der Waals surface area contributed by atoms with Crippen LogP contribution in [0, 0.1) is 5.92 Å². The lowest BCUT2D eigenvalue weighted by atomic mass is 9.92. The second-order valence-corrected chi connectivity index (χ2v) is 7.71. The van der Waals surface area contributed by atoms with Gasteiger partial charge in [-0.05, 0) is 49.9 Å². The molecule has 2 unspecified atom stereocenters. The standard InChI is InChI=1S/C20H24N2O4S/c1-3-26-16-6-4-14(5-7-16)19-21-15(12-27-19)11-18(23)22-9-8-13(2)10-17(22)20(24)25/h4-7,12-13,17H,3,8-11H2,1-2H3,(H,24,25). The minimum absolute atomic E-state index is 0.131. The van der Waals surface area contributed by atoms with Gasteiger partial charge in [0.2, 0.25) is 5.91 Å². The number of ether oxygens (including phenoxy) is 1. The molecule has 3 rings (SSSR count). The molecular weight excluding hydrogens is 364 g/mol. The third-order valence-corrected chi connectivity index (χ3v) is 5.71. The van der Waals surface area contributed by atoms with E-state index < -0.39 is 12.0 Å². The SMILES string of the molecule is CCOc1ccc(-c2nc(CC(=O)N3CCC(C)CC3C(=O)O)cs2)cc1. The van der Waals surface area contributed by atoms with Gasteiger partial charge in [0.15, 0.2) is 0 Å². The highest BCUT2D eigenvalue weighted by Crippen LogP contribution is 2.27. The Morgan fingerprint density at radius 1 is 1.33 bits per heavy atom. The summed E-state index contributed by atoms with van der Waals surface area (Å²) in [6.45, 7) is 5.08. The van der Waals surface area contributed by atoms with Crippen molar-refractivity contribution in [2.24, 2.45) is 5.92 Å². The molecule has 1 aromatic heterocycles. The van der Waals surface area contributed by atoms with Crippen LogP contribution in [0.2, 0.25) is 0 Å². The van der Waals surface area contributed by atoms with Gasteiger partial charge in [0.05, 0.1) is 18.7 Å². The summed E-state index contributed by atoms with van der Waals surface area (Å²) in [5.41, 5.74) is 1.65. The number of carbonyl (C=O) groups is 2. The van der Waals surface area contributed by atoms with Crippen molar-refractivity contribution in [1.29, 1.82) is 0 Å². The summed E-state index contributed by atoms with van der Waals surface area (Å²) in [6, 6.07) is 6.96. The van der Waals surface area contributed by atoms with Crippen molar-refractivity contribution in [2.45, 2.75) is 39.2 Å². The third kappa shape index (κ3) is 4.66. The summed E-state index contributed by atoms with van der Waals surface area (Å²) >= 11 is 1.48. The maximum absolute atomic E-state index is 12.7. The van der Waals surface area contributed by atoms with Gasteiger partial charge in [0, 0.05) is 17.5 Å². The van der Waals surface area contributed by atoms with E-state index in [9.17, 15) is 14.7 Å². The van der Waals surface area contributed by atoms with E-state index in [1.807, 2.05) is 43.5 Å². The van der Waals surface area contributed by atoms with E-state index >= 15 is 0 Å². The second-order valence-electron chi connectivity index (χ2n) is 6.85. The average molecular weight is 388 g/mol. The van der Waals surface area contributed by atoms with E-state index in [1.54, 1.807) is 0 Å². The molecular formula is C20H24N2O4S. The number of aliphatic carboxylic acids is 1. The summed E-state index contributed by atoms with van der Waals surface area (Å²) in [5, 5.41) is 12.1. The van der Waals surface area contributed by atoms with E-state index in [1.165, 1.54) is 16.2 Å². The van der Waals surface area contributed by atoms with Crippen LogP contribution in [0.1, 0.15) is 32.4 Å². The van der Waals surface area contributed by atoms with Crippen LogP contribution in [0.25, 0.3) is 10.6 Å². The molecule has 0 radical (unpaired) electrons. The Balaban J connectivity index is 1.67. The number of piperidine rings is 1. The van der Waals surface area contributed by atoms with Crippen LogP contribution in [0.3, 0.4) is 0 Å². The predicted octanol–water partition coefficient (Wildman–Crippen LogP) is 3.46. The van der Waals surface area contributed by atoms with Crippen LogP contribution in [-0.2, 0) is 16.0 Å². The number of benzene rings is 1. The van der Waals surface area contributed by atoms with Gasteiger partial charge in [-0.2, -0.15) is 0 Å². The quantitative estimate of drug-likeness (QED) is 0.820. The van der Waals surface area contributed by atoms with Gasteiger partial charge in [-0.1, -0.05) is 6.92 Å². The van der Waals surface area contributed by atoms with E-state index in [4.69, 9.17) is 4.74 Å². The summed E-state index contributed by atoms with van der Waals surface area (Å²) in [7, 11) is 0. The normalized spacial score (nSPS) is 19.7. The van der Waals surface area contributed by atoms with Crippen molar-refractivity contribution in [3.8, 4) is 16.3 Å². The lowest BCUT2D eigenvalue weighted by molar-refractivity contribution is -0.152. The third-order valence-electron chi connectivity index (χ3n) is 4.77. The van der Waals surface area contributed by atoms with Gasteiger partial charge in [0.25, 0.3) is 0 Å². The number of rotatable bonds is 6. The Morgan fingerprint density at radius 3 is 2.74 bits per heavy atom. The topological polar surface area (TPSA) is 79.7 Å². The fourth-order valence-electron chi connectivity index (χ4n) is 3.31. The molecule has 144 valence electrons. The van der Waals surface area contributed by atoms with Crippen LogP contribution in [0.15, 0.2) is 29.6 Å². The van der Waals surface area contributed by atoms with Crippen molar-refractivity contribution in [1.82, 2.24) is 9.88 Å².